The van der Waals surface area contributed by atoms with E-state index in [0.29, 0.717) is 32.7 Å². The van der Waals surface area contributed by atoms with Crippen molar-refractivity contribution in [3.8, 4) is 0 Å². The quantitative estimate of drug-likeness (QED) is 0.624. The summed E-state index contributed by atoms with van der Waals surface area (Å²) >= 11 is 0. The van der Waals surface area contributed by atoms with Crippen LogP contribution in [0.15, 0.2) is 30.3 Å². The molecule has 0 saturated heterocycles. The Bertz CT molecular complexity index is 357. The van der Waals surface area contributed by atoms with E-state index in [4.69, 9.17) is 4.74 Å². The molecule has 1 aromatic carbocycles. The van der Waals surface area contributed by atoms with Crippen molar-refractivity contribution in [3.63, 3.8) is 0 Å². The molecule has 5 nitrogen and oxygen atoms in total. The summed E-state index contributed by atoms with van der Waals surface area (Å²) in [6.07, 6.45) is -0.0620. The van der Waals surface area contributed by atoms with E-state index in [1.54, 1.807) is 0 Å². The summed E-state index contributed by atoms with van der Waals surface area (Å²) in [5.41, 5.74) is 0.862. The summed E-state index contributed by atoms with van der Waals surface area (Å²) in [6, 6.07) is 9.17. The van der Waals surface area contributed by atoms with E-state index < -0.39 is 6.10 Å². The summed E-state index contributed by atoms with van der Waals surface area (Å²) in [6.45, 7) is 3.98. The number of benzene rings is 1. The molecule has 5 heteroatoms. The van der Waals surface area contributed by atoms with Gasteiger partial charge in [-0.25, -0.2) is 4.79 Å². The minimum absolute atomic E-state index is 0.236. The second-order valence-electron chi connectivity index (χ2n) is 4.09. The van der Waals surface area contributed by atoms with Gasteiger partial charge in [0.2, 0.25) is 0 Å². The fourth-order valence-corrected chi connectivity index (χ4v) is 1.61. The van der Waals surface area contributed by atoms with Crippen molar-refractivity contribution in [3.05, 3.63) is 35.9 Å². The smallest absolute Gasteiger partial charge is 0.314 e. The lowest BCUT2D eigenvalue weighted by Gasteiger charge is -2.12. The highest BCUT2D eigenvalue weighted by Crippen LogP contribution is 2.14. The molecule has 3 N–H and O–H groups in total. The third-order valence-electron chi connectivity index (χ3n) is 2.62. The summed E-state index contributed by atoms with van der Waals surface area (Å²) in [4.78, 5) is 11.4. The van der Waals surface area contributed by atoms with Gasteiger partial charge in [-0.1, -0.05) is 30.3 Å². The van der Waals surface area contributed by atoms with Gasteiger partial charge in [0.05, 0.1) is 12.7 Å². The van der Waals surface area contributed by atoms with Gasteiger partial charge in [-0.3, -0.25) is 0 Å². The third-order valence-corrected chi connectivity index (χ3v) is 2.62. The lowest BCUT2D eigenvalue weighted by atomic mass is 10.1. The van der Waals surface area contributed by atoms with Crippen molar-refractivity contribution >= 4 is 6.03 Å². The fourth-order valence-electron chi connectivity index (χ4n) is 1.61. The van der Waals surface area contributed by atoms with Gasteiger partial charge in [-0.2, -0.15) is 0 Å². The Morgan fingerprint density at radius 2 is 1.95 bits per heavy atom. The van der Waals surface area contributed by atoms with Gasteiger partial charge < -0.3 is 20.5 Å². The maximum absolute atomic E-state index is 11.4. The third kappa shape index (κ3) is 6.79. The van der Waals surface area contributed by atoms with Crippen LogP contribution < -0.4 is 10.6 Å². The zero-order chi connectivity index (χ0) is 13.9. The van der Waals surface area contributed by atoms with Crippen molar-refractivity contribution in [2.45, 2.75) is 19.4 Å². The second-order valence-corrected chi connectivity index (χ2v) is 4.09. The van der Waals surface area contributed by atoms with Crippen molar-refractivity contribution in [1.82, 2.24) is 10.6 Å². The molecular weight excluding hydrogens is 244 g/mol. The molecule has 0 radical (unpaired) electrons. The fraction of sp³-hybridized carbons (Fsp3) is 0.500. The van der Waals surface area contributed by atoms with Crippen molar-refractivity contribution in [1.29, 1.82) is 0 Å². The molecule has 1 unspecified atom stereocenters. The van der Waals surface area contributed by atoms with Crippen LogP contribution in [0.5, 0.6) is 0 Å². The monoisotopic (exact) mass is 266 g/mol. The highest BCUT2D eigenvalue weighted by atomic mass is 16.5. The number of carbonyl (C=O) groups excluding carboxylic acids is 1. The number of urea groups is 1. The lowest BCUT2D eigenvalue weighted by Crippen LogP contribution is -2.38. The maximum Gasteiger partial charge on any atom is 0.314 e. The normalized spacial score (nSPS) is 11.9. The van der Waals surface area contributed by atoms with Crippen molar-refractivity contribution in [2.24, 2.45) is 0 Å². The first-order chi connectivity index (χ1) is 9.24. The van der Waals surface area contributed by atoms with E-state index in [0.717, 1.165) is 5.56 Å². The lowest BCUT2D eigenvalue weighted by molar-refractivity contribution is 0.149. The molecule has 1 rings (SSSR count). The largest absolute Gasteiger partial charge is 0.388 e. The molecule has 0 aliphatic heterocycles. The van der Waals surface area contributed by atoms with Crippen LogP contribution in [0, 0.1) is 0 Å². The average molecular weight is 266 g/mol. The van der Waals surface area contributed by atoms with Gasteiger partial charge in [0.1, 0.15) is 0 Å². The molecule has 2 amide bonds. The van der Waals surface area contributed by atoms with E-state index >= 15 is 0 Å². The van der Waals surface area contributed by atoms with Crippen LogP contribution in [0.4, 0.5) is 4.79 Å². The van der Waals surface area contributed by atoms with E-state index in [9.17, 15) is 9.90 Å². The molecular formula is C14H22N2O3. The van der Waals surface area contributed by atoms with Gasteiger partial charge in [0.15, 0.2) is 0 Å². The van der Waals surface area contributed by atoms with Gasteiger partial charge in [-0.05, 0) is 18.9 Å². The first kappa shape index (κ1) is 15.5. The number of rotatable bonds is 8. The van der Waals surface area contributed by atoms with Crippen LogP contribution in [-0.4, -0.2) is 37.4 Å². The van der Waals surface area contributed by atoms with Gasteiger partial charge in [0.25, 0.3) is 0 Å². The molecule has 0 spiro atoms. The summed E-state index contributed by atoms with van der Waals surface area (Å²) < 4.78 is 5.10. The van der Waals surface area contributed by atoms with Crippen LogP contribution in [0.25, 0.3) is 0 Å². The average Bonchev–Trinajstić information content (AvgIpc) is 2.44. The maximum atomic E-state index is 11.4. The number of aliphatic hydroxyl groups is 1. The predicted molar refractivity (Wildman–Crippen MR) is 73.9 cm³/mol. The summed E-state index contributed by atoms with van der Waals surface area (Å²) in [5.74, 6) is 0. The minimum atomic E-state index is -0.551. The Hall–Kier alpha value is -1.59. The zero-order valence-electron chi connectivity index (χ0n) is 11.3. The molecule has 0 aliphatic carbocycles. The molecule has 0 aromatic heterocycles. The molecule has 106 valence electrons. The van der Waals surface area contributed by atoms with E-state index in [2.05, 4.69) is 10.6 Å². The topological polar surface area (TPSA) is 70.6 Å². The van der Waals surface area contributed by atoms with Gasteiger partial charge in [-0.15, -0.1) is 0 Å². The number of amides is 2. The van der Waals surface area contributed by atoms with Crippen LogP contribution >= 0.6 is 0 Å². The molecule has 0 saturated carbocycles. The first-order valence-electron chi connectivity index (χ1n) is 6.56. The SMILES string of the molecule is CCOCCNC(=O)NCCC(O)c1ccccc1. The molecule has 1 atom stereocenters. The Kier molecular flexibility index (Phi) is 7.62. The number of aliphatic hydroxyl groups excluding tert-OH is 1. The molecule has 0 aliphatic rings. The Labute approximate surface area is 114 Å². The highest BCUT2D eigenvalue weighted by molar-refractivity contribution is 5.73. The number of nitrogens with one attached hydrogen (secondary N) is 2. The van der Waals surface area contributed by atoms with Crippen LogP contribution in [0.3, 0.4) is 0 Å². The van der Waals surface area contributed by atoms with E-state index in [1.807, 2.05) is 37.3 Å². The zero-order valence-corrected chi connectivity index (χ0v) is 11.3. The van der Waals surface area contributed by atoms with E-state index in [-0.39, 0.29) is 6.03 Å². The molecule has 19 heavy (non-hydrogen) atoms. The number of hydrogen-bond donors (Lipinski definition) is 3. The van der Waals surface area contributed by atoms with Crippen LogP contribution in [0.1, 0.15) is 25.0 Å². The number of carbonyl (C=O) groups is 1. The second kappa shape index (κ2) is 9.35. The molecule has 0 bridgehead atoms. The first-order valence-corrected chi connectivity index (χ1v) is 6.56. The van der Waals surface area contributed by atoms with Crippen LogP contribution in [-0.2, 0) is 4.74 Å². The standard InChI is InChI=1S/C14H22N2O3/c1-2-19-11-10-16-14(18)15-9-8-13(17)12-6-4-3-5-7-12/h3-7,13,17H,2,8-11H2,1H3,(H2,15,16,18). The predicted octanol–water partition coefficient (Wildman–Crippen LogP) is 1.45. The number of ether oxygens (including phenoxy) is 1. The Morgan fingerprint density at radius 1 is 1.26 bits per heavy atom. The Balaban J connectivity index is 2.11. The van der Waals surface area contributed by atoms with Gasteiger partial charge >= 0.3 is 6.03 Å². The molecule has 1 aromatic rings. The van der Waals surface area contributed by atoms with Crippen molar-refractivity contribution < 1.29 is 14.6 Å². The van der Waals surface area contributed by atoms with Crippen LogP contribution in [0.2, 0.25) is 0 Å². The minimum Gasteiger partial charge on any atom is -0.388 e. The van der Waals surface area contributed by atoms with E-state index in [1.165, 1.54) is 0 Å². The highest BCUT2D eigenvalue weighted by Gasteiger charge is 2.07. The molecule has 0 heterocycles. The van der Waals surface area contributed by atoms with Gasteiger partial charge in [0, 0.05) is 19.7 Å². The van der Waals surface area contributed by atoms with Crippen molar-refractivity contribution in [2.75, 3.05) is 26.3 Å². The molecule has 0 fully saturated rings. The summed E-state index contributed by atoms with van der Waals surface area (Å²) in [5, 5.41) is 15.3. The summed E-state index contributed by atoms with van der Waals surface area (Å²) in [7, 11) is 0. The Morgan fingerprint density at radius 3 is 2.63 bits per heavy atom. The number of hydrogen-bond acceptors (Lipinski definition) is 3.